The van der Waals surface area contributed by atoms with E-state index < -0.39 is 5.56 Å². The molecule has 1 amide bonds. The van der Waals surface area contributed by atoms with Crippen molar-refractivity contribution in [3.63, 3.8) is 0 Å². The predicted octanol–water partition coefficient (Wildman–Crippen LogP) is 6.07. The number of carbonyl (C=O) groups is 1. The number of amides is 1. The second-order valence-corrected chi connectivity index (χ2v) is 10.6. The predicted molar refractivity (Wildman–Crippen MR) is 154 cm³/mol. The van der Waals surface area contributed by atoms with E-state index in [4.69, 9.17) is 4.74 Å². The zero-order valence-electron chi connectivity index (χ0n) is 23.1. The summed E-state index contributed by atoms with van der Waals surface area (Å²) in [5.74, 6) is 0.862. The summed E-state index contributed by atoms with van der Waals surface area (Å²) in [6.45, 7) is 9.63. The summed E-state index contributed by atoms with van der Waals surface area (Å²) in [5.41, 5.74) is 5.24. The molecule has 0 saturated heterocycles. The molecule has 2 heterocycles. The molecule has 0 N–H and O–H groups in total. The van der Waals surface area contributed by atoms with E-state index in [0.717, 1.165) is 22.3 Å². The smallest absolute Gasteiger partial charge is 0.316 e. The van der Waals surface area contributed by atoms with Crippen molar-refractivity contribution in [2.45, 2.75) is 59.2 Å². The van der Waals surface area contributed by atoms with Gasteiger partial charge in [0, 0.05) is 25.6 Å². The van der Waals surface area contributed by atoms with Crippen LogP contribution < -0.4 is 10.3 Å². The molecule has 6 heteroatoms. The van der Waals surface area contributed by atoms with Crippen molar-refractivity contribution in [3.05, 3.63) is 117 Å². The third-order valence-corrected chi connectivity index (χ3v) is 7.35. The average Bonchev–Trinajstić information content (AvgIpc) is 2.94. The van der Waals surface area contributed by atoms with Crippen LogP contribution in [0.3, 0.4) is 0 Å². The Bertz CT molecular complexity index is 1520. The molecular weight excluding hydrogens is 486 g/mol. The third-order valence-electron chi connectivity index (χ3n) is 7.35. The van der Waals surface area contributed by atoms with Crippen LogP contribution in [-0.4, -0.2) is 32.9 Å². The van der Waals surface area contributed by atoms with Gasteiger partial charge in [0.05, 0.1) is 0 Å². The van der Waals surface area contributed by atoms with Crippen molar-refractivity contribution in [2.24, 2.45) is 0 Å². The molecule has 200 valence electrons. The maximum absolute atomic E-state index is 13.7. The van der Waals surface area contributed by atoms with E-state index >= 15 is 0 Å². The average molecular weight is 522 g/mol. The molecule has 5 rings (SSSR count). The van der Waals surface area contributed by atoms with E-state index in [1.54, 1.807) is 4.90 Å². The van der Waals surface area contributed by atoms with Gasteiger partial charge in [0.25, 0.3) is 5.91 Å². The van der Waals surface area contributed by atoms with Crippen molar-refractivity contribution in [1.82, 2.24) is 14.5 Å². The van der Waals surface area contributed by atoms with Crippen LogP contribution in [0, 0.1) is 0 Å². The monoisotopic (exact) mass is 521 g/mol. The van der Waals surface area contributed by atoms with Gasteiger partial charge < -0.3 is 14.2 Å². The van der Waals surface area contributed by atoms with E-state index in [2.05, 4.69) is 55.2 Å². The minimum Gasteiger partial charge on any atom is -0.481 e. The van der Waals surface area contributed by atoms with Crippen LogP contribution >= 0.6 is 0 Å². The number of carbonyl (C=O) groups excluding carboxylic acids is 1. The highest BCUT2D eigenvalue weighted by Gasteiger charge is 2.33. The fourth-order valence-corrected chi connectivity index (χ4v) is 5.14. The van der Waals surface area contributed by atoms with Gasteiger partial charge in [0.2, 0.25) is 5.75 Å². The summed E-state index contributed by atoms with van der Waals surface area (Å²) in [6, 6.07) is 26.4. The Balaban J connectivity index is 1.55. The number of aromatic nitrogens is 2. The summed E-state index contributed by atoms with van der Waals surface area (Å²) >= 11 is 0. The van der Waals surface area contributed by atoms with Crippen LogP contribution in [0.4, 0.5) is 0 Å². The van der Waals surface area contributed by atoms with Crippen LogP contribution in [0.1, 0.15) is 66.6 Å². The lowest BCUT2D eigenvalue weighted by Gasteiger charge is -2.34. The van der Waals surface area contributed by atoms with Crippen LogP contribution in [0.2, 0.25) is 0 Å². The summed E-state index contributed by atoms with van der Waals surface area (Å²) in [5, 5.41) is 0. The quantitative estimate of drug-likeness (QED) is 0.282. The molecular formula is C33H35N3O3. The Labute approximate surface area is 229 Å². The van der Waals surface area contributed by atoms with Gasteiger partial charge in [-0.25, -0.2) is 0 Å². The normalized spacial score (nSPS) is 13.2. The molecule has 1 aliphatic rings. The van der Waals surface area contributed by atoms with Crippen LogP contribution in [0.15, 0.2) is 83.7 Å². The molecule has 0 bridgehead atoms. The van der Waals surface area contributed by atoms with Crippen molar-refractivity contribution in [3.8, 4) is 16.9 Å². The molecule has 39 heavy (non-hydrogen) atoms. The van der Waals surface area contributed by atoms with Gasteiger partial charge in [0.15, 0.2) is 5.69 Å². The van der Waals surface area contributed by atoms with Crippen molar-refractivity contribution in [2.75, 3.05) is 6.54 Å². The Morgan fingerprint density at radius 1 is 0.846 bits per heavy atom. The van der Waals surface area contributed by atoms with Gasteiger partial charge in [-0.3, -0.25) is 9.59 Å². The first-order valence-electron chi connectivity index (χ1n) is 13.6. The zero-order valence-corrected chi connectivity index (χ0v) is 23.1. The molecule has 1 aromatic heterocycles. The number of nitrogens with zero attached hydrogens (tertiary/aromatic N) is 3. The van der Waals surface area contributed by atoms with Gasteiger partial charge in [-0.1, -0.05) is 92.7 Å². The SMILES string of the molecule is CC(C)c1ccc(-c2ccccc2Cc2nc(=O)c(OCc3ccccc3)c3n2CCN(C(C)C)C3=O)cc1. The summed E-state index contributed by atoms with van der Waals surface area (Å²) in [4.78, 5) is 33.3. The maximum Gasteiger partial charge on any atom is 0.316 e. The van der Waals surface area contributed by atoms with Gasteiger partial charge in [0.1, 0.15) is 12.4 Å². The van der Waals surface area contributed by atoms with Gasteiger partial charge in [-0.2, -0.15) is 4.98 Å². The Morgan fingerprint density at radius 3 is 2.23 bits per heavy atom. The summed E-state index contributed by atoms with van der Waals surface area (Å²) in [7, 11) is 0. The molecule has 0 radical (unpaired) electrons. The number of rotatable bonds is 8. The lowest BCUT2D eigenvalue weighted by Crippen LogP contribution is -2.46. The highest BCUT2D eigenvalue weighted by Crippen LogP contribution is 2.29. The zero-order chi connectivity index (χ0) is 27.5. The molecule has 0 unspecified atom stereocenters. The second-order valence-electron chi connectivity index (χ2n) is 10.6. The fourth-order valence-electron chi connectivity index (χ4n) is 5.14. The second kappa shape index (κ2) is 11.3. The first-order chi connectivity index (χ1) is 18.8. The molecule has 6 nitrogen and oxygen atoms in total. The van der Waals surface area contributed by atoms with E-state index in [0.29, 0.717) is 36.9 Å². The minimum absolute atomic E-state index is 0.00878. The van der Waals surface area contributed by atoms with E-state index in [1.165, 1.54) is 5.56 Å². The molecule has 0 aliphatic carbocycles. The lowest BCUT2D eigenvalue weighted by atomic mass is 9.94. The summed E-state index contributed by atoms with van der Waals surface area (Å²) in [6.07, 6.45) is 0.429. The molecule has 0 atom stereocenters. The van der Waals surface area contributed by atoms with Crippen molar-refractivity contribution >= 4 is 5.91 Å². The fraction of sp³-hybridized carbons (Fsp3) is 0.303. The largest absolute Gasteiger partial charge is 0.481 e. The van der Waals surface area contributed by atoms with E-state index in [-0.39, 0.29) is 24.3 Å². The standard InChI is InChI=1S/C33H35N3O3/c1-22(2)25-14-16-26(17-15-25)28-13-9-8-12-27(28)20-29-34-32(37)31(39-21-24-10-6-5-7-11-24)30-33(38)35(23(3)4)18-19-36(29)30/h5-17,22-23H,18-21H2,1-4H3. The molecule has 0 spiro atoms. The molecule has 0 fully saturated rings. The summed E-state index contributed by atoms with van der Waals surface area (Å²) < 4.78 is 7.90. The van der Waals surface area contributed by atoms with Crippen molar-refractivity contribution < 1.29 is 9.53 Å². The molecule has 1 aliphatic heterocycles. The van der Waals surface area contributed by atoms with Gasteiger partial charge in [-0.05, 0) is 47.6 Å². The number of hydrogen-bond donors (Lipinski definition) is 0. The van der Waals surface area contributed by atoms with Crippen LogP contribution in [0.5, 0.6) is 5.75 Å². The Morgan fingerprint density at radius 2 is 1.54 bits per heavy atom. The number of ether oxygens (including phenoxy) is 1. The Kier molecular flexibility index (Phi) is 7.64. The van der Waals surface area contributed by atoms with Gasteiger partial charge in [-0.15, -0.1) is 0 Å². The Hall–Kier alpha value is -4.19. The first-order valence-corrected chi connectivity index (χ1v) is 13.6. The maximum atomic E-state index is 13.7. The molecule has 3 aromatic carbocycles. The van der Waals surface area contributed by atoms with E-state index in [9.17, 15) is 9.59 Å². The number of benzene rings is 3. The highest BCUT2D eigenvalue weighted by atomic mass is 16.5. The third kappa shape index (κ3) is 5.51. The molecule has 4 aromatic rings. The van der Waals surface area contributed by atoms with E-state index in [1.807, 2.05) is 60.9 Å². The first kappa shape index (κ1) is 26.4. The highest BCUT2D eigenvalue weighted by molar-refractivity contribution is 5.96. The van der Waals surface area contributed by atoms with Crippen LogP contribution in [-0.2, 0) is 19.6 Å². The topological polar surface area (TPSA) is 64.4 Å². The number of hydrogen-bond acceptors (Lipinski definition) is 4. The minimum atomic E-state index is -0.509. The van der Waals surface area contributed by atoms with Crippen molar-refractivity contribution in [1.29, 1.82) is 0 Å². The molecule has 0 saturated carbocycles. The van der Waals surface area contributed by atoms with Gasteiger partial charge >= 0.3 is 5.56 Å². The van der Waals surface area contributed by atoms with Crippen LogP contribution in [0.25, 0.3) is 11.1 Å². The lowest BCUT2D eigenvalue weighted by molar-refractivity contribution is 0.0634. The number of fused-ring (bicyclic) bond motifs is 1.